The lowest BCUT2D eigenvalue weighted by molar-refractivity contribution is 0.574. The Labute approximate surface area is 185 Å². The molecule has 3 heterocycles. The maximum Gasteiger partial charge on any atom is 0.271 e. The number of thiazole rings is 1. The molecule has 0 N–H and O–H groups in total. The minimum absolute atomic E-state index is 0.0724. The van der Waals surface area contributed by atoms with E-state index in [1.165, 1.54) is 29.0 Å². The first-order chi connectivity index (χ1) is 15.2. The highest BCUT2D eigenvalue weighted by molar-refractivity contribution is 7.11. The fourth-order valence-electron chi connectivity index (χ4n) is 4.50. The van der Waals surface area contributed by atoms with Crippen LogP contribution in [0.25, 0.3) is 11.8 Å². The molecule has 0 saturated heterocycles. The van der Waals surface area contributed by atoms with E-state index in [0.29, 0.717) is 9.33 Å². The Balaban J connectivity index is 1.66. The van der Waals surface area contributed by atoms with E-state index in [-0.39, 0.29) is 17.4 Å². The number of hydrogen-bond donors (Lipinski definition) is 0. The van der Waals surface area contributed by atoms with Crippen molar-refractivity contribution in [3.05, 3.63) is 119 Å². The number of thiophene rings is 1. The van der Waals surface area contributed by atoms with Crippen LogP contribution in [-0.2, 0) is 6.42 Å². The van der Waals surface area contributed by atoms with E-state index in [1.807, 2.05) is 41.8 Å². The van der Waals surface area contributed by atoms with Crippen molar-refractivity contribution in [2.75, 3.05) is 0 Å². The Morgan fingerprint density at radius 1 is 1.06 bits per heavy atom. The fourth-order valence-corrected chi connectivity index (χ4v) is 6.23. The molecule has 0 spiro atoms. The molecule has 3 nitrogen and oxygen atoms in total. The van der Waals surface area contributed by atoms with Gasteiger partial charge in [-0.15, -0.1) is 11.3 Å². The zero-order valence-electron chi connectivity index (χ0n) is 16.4. The number of nitrogens with zero attached hydrogens (tertiary/aromatic N) is 2. The van der Waals surface area contributed by atoms with E-state index in [1.54, 1.807) is 22.0 Å². The Morgan fingerprint density at radius 3 is 2.81 bits per heavy atom. The molecule has 0 unspecified atom stereocenters. The minimum Gasteiger partial charge on any atom is -0.272 e. The van der Waals surface area contributed by atoms with Gasteiger partial charge >= 0.3 is 0 Å². The molecule has 2 aromatic heterocycles. The second kappa shape index (κ2) is 7.25. The predicted octanol–water partition coefficient (Wildman–Crippen LogP) is 4.52. The normalized spacial score (nSPS) is 17.7. The van der Waals surface area contributed by atoms with Gasteiger partial charge in [-0.25, -0.2) is 9.38 Å². The molecule has 1 aliphatic heterocycles. The Kier molecular flexibility index (Phi) is 4.37. The molecule has 0 amide bonds. The van der Waals surface area contributed by atoms with Gasteiger partial charge < -0.3 is 0 Å². The van der Waals surface area contributed by atoms with Crippen LogP contribution in [0.3, 0.4) is 0 Å². The van der Waals surface area contributed by atoms with Crippen molar-refractivity contribution in [2.45, 2.75) is 18.9 Å². The van der Waals surface area contributed by atoms with Crippen molar-refractivity contribution in [1.82, 2.24) is 4.57 Å². The maximum atomic E-state index is 14.2. The SMILES string of the molecule is O=c1c(=Cc2cccs2)sc2n1[C@@H](c1cccc(F)c1)C1=C(N=2)c2ccccc2CC1. The second-order valence-electron chi connectivity index (χ2n) is 7.68. The second-order valence-corrected chi connectivity index (χ2v) is 9.67. The fraction of sp³-hybridized carbons (Fsp3) is 0.120. The molecule has 0 saturated carbocycles. The monoisotopic (exact) mass is 444 g/mol. The number of fused-ring (bicyclic) bond motifs is 3. The lowest BCUT2D eigenvalue weighted by atomic mass is 9.83. The van der Waals surface area contributed by atoms with Crippen LogP contribution in [0.2, 0.25) is 0 Å². The molecule has 0 fully saturated rings. The molecule has 6 rings (SSSR count). The lowest BCUT2D eigenvalue weighted by Crippen LogP contribution is -2.38. The first-order valence-electron chi connectivity index (χ1n) is 10.1. The highest BCUT2D eigenvalue weighted by Crippen LogP contribution is 2.41. The molecule has 2 aromatic carbocycles. The summed E-state index contributed by atoms with van der Waals surface area (Å²) >= 11 is 2.99. The Bertz CT molecular complexity index is 1530. The van der Waals surface area contributed by atoms with E-state index in [2.05, 4.69) is 12.1 Å². The largest absolute Gasteiger partial charge is 0.272 e. The average molecular weight is 445 g/mol. The number of allylic oxidation sites excluding steroid dienone is 1. The molecule has 1 aliphatic carbocycles. The molecule has 0 radical (unpaired) electrons. The van der Waals surface area contributed by atoms with Crippen LogP contribution in [0.5, 0.6) is 0 Å². The molecular formula is C25H17FN2OS2. The summed E-state index contributed by atoms with van der Waals surface area (Å²) in [6.07, 6.45) is 3.61. The van der Waals surface area contributed by atoms with E-state index >= 15 is 0 Å². The summed E-state index contributed by atoms with van der Waals surface area (Å²) in [4.78, 5) is 20.2. The van der Waals surface area contributed by atoms with Gasteiger partial charge in [-0.3, -0.25) is 9.36 Å². The molecule has 6 heteroatoms. The van der Waals surface area contributed by atoms with Gasteiger partial charge in [0, 0.05) is 10.4 Å². The third-order valence-corrected chi connectivity index (χ3v) is 7.66. The third kappa shape index (κ3) is 3.06. The average Bonchev–Trinajstić information content (AvgIpc) is 3.40. The van der Waals surface area contributed by atoms with E-state index in [4.69, 9.17) is 4.99 Å². The minimum atomic E-state index is -0.346. The van der Waals surface area contributed by atoms with Crippen molar-refractivity contribution in [3.63, 3.8) is 0 Å². The number of benzene rings is 2. The first kappa shape index (κ1) is 18.7. The zero-order chi connectivity index (χ0) is 20.9. The smallest absolute Gasteiger partial charge is 0.271 e. The number of hydrogen-bond acceptors (Lipinski definition) is 4. The number of aromatic nitrogens is 1. The Hall–Kier alpha value is -3.09. The van der Waals surface area contributed by atoms with Gasteiger partial charge in [-0.2, -0.15) is 0 Å². The zero-order valence-corrected chi connectivity index (χ0v) is 18.0. The van der Waals surface area contributed by atoms with Crippen molar-refractivity contribution in [2.24, 2.45) is 4.99 Å². The molecule has 2 aliphatic rings. The van der Waals surface area contributed by atoms with Gasteiger partial charge in [0.15, 0.2) is 4.80 Å². The summed E-state index contributed by atoms with van der Waals surface area (Å²) < 4.78 is 16.6. The van der Waals surface area contributed by atoms with Crippen LogP contribution >= 0.6 is 22.7 Å². The molecule has 1 atom stereocenters. The maximum absolute atomic E-state index is 14.2. The molecular weight excluding hydrogens is 427 g/mol. The molecule has 152 valence electrons. The summed E-state index contributed by atoms with van der Waals surface area (Å²) in [5.74, 6) is -0.298. The van der Waals surface area contributed by atoms with Gasteiger partial charge in [0.2, 0.25) is 0 Å². The topological polar surface area (TPSA) is 34.4 Å². The van der Waals surface area contributed by atoms with Crippen molar-refractivity contribution < 1.29 is 4.39 Å². The van der Waals surface area contributed by atoms with Gasteiger partial charge in [0.1, 0.15) is 5.82 Å². The van der Waals surface area contributed by atoms with Crippen molar-refractivity contribution in [3.8, 4) is 0 Å². The van der Waals surface area contributed by atoms with Crippen LogP contribution in [0.4, 0.5) is 4.39 Å². The Morgan fingerprint density at radius 2 is 1.97 bits per heavy atom. The number of rotatable bonds is 2. The number of halogens is 1. The molecule has 31 heavy (non-hydrogen) atoms. The highest BCUT2D eigenvalue weighted by Gasteiger charge is 2.32. The van der Waals surface area contributed by atoms with Crippen molar-refractivity contribution in [1.29, 1.82) is 0 Å². The summed E-state index contributed by atoms with van der Waals surface area (Å²) in [5, 5.41) is 1.99. The van der Waals surface area contributed by atoms with Crippen LogP contribution < -0.4 is 14.9 Å². The summed E-state index contributed by atoms with van der Waals surface area (Å²) in [6, 6.07) is 18.5. The van der Waals surface area contributed by atoms with Crippen LogP contribution in [0.1, 0.15) is 34.0 Å². The summed E-state index contributed by atoms with van der Waals surface area (Å²) in [6.45, 7) is 0. The van der Waals surface area contributed by atoms with Gasteiger partial charge in [0.25, 0.3) is 5.56 Å². The quantitative estimate of drug-likeness (QED) is 0.448. The first-order valence-corrected chi connectivity index (χ1v) is 11.8. The van der Waals surface area contributed by atoms with Gasteiger partial charge in [0.05, 0.1) is 16.3 Å². The van der Waals surface area contributed by atoms with E-state index in [9.17, 15) is 9.18 Å². The molecule has 4 aromatic rings. The van der Waals surface area contributed by atoms with Gasteiger partial charge in [-0.1, -0.05) is 53.8 Å². The summed E-state index contributed by atoms with van der Waals surface area (Å²) in [5.41, 5.74) is 5.10. The summed E-state index contributed by atoms with van der Waals surface area (Å²) in [7, 11) is 0. The van der Waals surface area contributed by atoms with E-state index in [0.717, 1.165) is 40.1 Å². The van der Waals surface area contributed by atoms with Crippen LogP contribution in [0, 0.1) is 5.82 Å². The highest BCUT2D eigenvalue weighted by atomic mass is 32.1. The predicted molar refractivity (Wildman–Crippen MR) is 123 cm³/mol. The van der Waals surface area contributed by atoms with Crippen LogP contribution in [-0.4, -0.2) is 4.57 Å². The lowest BCUT2D eigenvalue weighted by Gasteiger charge is -2.30. The van der Waals surface area contributed by atoms with Crippen molar-refractivity contribution >= 4 is 34.4 Å². The number of aryl methyl sites for hydroxylation is 1. The standard InChI is InChI=1S/C25H17FN2OS2/c26-17-7-3-6-16(13-17)23-20-11-10-15-5-1-2-9-19(15)22(20)27-25-28(23)24(29)21(31-25)14-18-8-4-12-30-18/h1-9,12-14,23H,10-11H2/t23-/m0/s1. The van der Waals surface area contributed by atoms with E-state index < -0.39 is 0 Å². The molecule has 0 bridgehead atoms. The van der Waals surface area contributed by atoms with Gasteiger partial charge in [-0.05, 0) is 59.2 Å². The van der Waals surface area contributed by atoms with Crippen LogP contribution in [0.15, 0.2) is 81.4 Å². The third-order valence-electron chi connectivity index (χ3n) is 5.85.